The van der Waals surface area contributed by atoms with Crippen LogP contribution in [0.3, 0.4) is 0 Å². The van der Waals surface area contributed by atoms with Gasteiger partial charge in [0.05, 0.1) is 10.8 Å². The van der Waals surface area contributed by atoms with Gasteiger partial charge in [-0.15, -0.1) is 0 Å². The molecule has 4 unspecified atom stereocenters. The van der Waals surface area contributed by atoms with Crippen LogP contribution < -0.4 is 9.80 Å². The molecule has 0 aliphatic heterocycles. The van der Waals surface area contributed by atoms with Crippen LogP contribution in [0.15, 0.2) is 341 Å². The molecule has 4 aliphatic rings. The topological polar surface area (TPSA) is 6.48 Å². The molecule has 16 aromatic carbocycles. The van der Waals surface area contributed by atoms with Crippen molar-refractivity contribution < 1.29 is 43.9 Å². The molecule has 0 radical (unpaired) electrons. The van der Waals surface area contributed by atoms with Crippen LogP contribution in [0, 0.1) is 58.2 Å². The van der Waals surface area contributed by atoms with Crippen LogP contribution in [0.4, 0.5) is 78.0 Å². The van der Waals surface area contributed by atoms with Crippen LogP contribution >= 0.6 is 0 Å². The normalized spacial score (nSPS) is 15.7. The molecule has 1 spiro atoms. The number of hydrogen-bond donors (Lipinski definition) is 0. The molecule has 0 bridgehead atoms. The lowest BCUT2D eigenvalue weighted by molar-refractivity contribution is 0.357. The second kappa shape index (κ2) is 27.9. The van der Waals surface area contributed by atoms with Crippen LogP contribution in [0.1, 0.15) is 89.7 Å². The van der Waals surface area contributed by atoms with Gasteiger partial charge in [-0.25, -0.2) is 43.9 Å². The van der Waals surface area contributed by atoms with Crippen LogP contribution in [0.5, 0.6) is 0 Å². The van der Waals surface area contributed by atoms with Gasteiger partial charge in [0.25, 0.3) is 0 Å². The molecule has 4 atom stereocenters. The molecule has 564 valence electrons. The molecule has 16 aromatic rings. The lowest BCUT2D eigenvalue weighted by atomic mass is 9.68. The molecule has 12 heteroatoms. The first kappa shape index (κ1) is 71.9. The van der Waals surface area contributed by atoms with E-state index in [-0.39, 0.29) is 6.42 Å². The van der Waals surface area contributed by atoms with E-state index in [2.05, 4.69) is 77.6 Å². The number of nitrogens with zero attached hydrogens (tertiary/aromatic N) is 2. The Bertz CT molecular complexity index is 6710. The Labute approximate surface area is 668 Å². The highest BCUT2D eigenvalue weighted by Gasteiger charge is 2.54. The summed E-state index contributed by atoms with van der Waals surface area (Å²) in [4.78, 5) is 4.20. The summed E-state index contributed by atoms with van der Waals surface area (Å²) >= 11 is 0. The summed E-state index contributed by atoms with van der Waals surface area (Å²) in [5.74, 6) is -23.0. The average Bonchev–Trinajstić information content (AvgIpc) is 1.51. The first-order valence-electron chi connectivity index (χ1n) is 38.4. The van der Waals surface area contributed by atoms with E-state index >= 15 is 43.9 Å². The SMILES string of the molecule is C=Cc1ccc(CC2(c3c(F)c(F)c(F)c(F)c3F)c3ccccc3-c3ccc(N(c4ccc(-c5ccccc5)cc4)c4ccc5c(c4)C4(c6ccccc6-c6ccc(N(c7ccc(-c8ccccc8)cc7)c7ccc8c(c7)C(C(c7ccc(C=C)cc7)c7c(F)c(F)c(F)c(F)c7F)c7ccccc7-8)cc64)c4ccccc4-5)cc32)cc1. The van der Waals surface area contributed by atoms with Crippen molar-refractivity contribution in [3.63, 3.8) is 0 Å². The van der Waals surface area contributed by atoms with Crippen molar-refractivity contribution in [1.82, 2.24) is 0 Å². The van der Waals surface area contributed by atoms with E-state index in [1.165, 1.54) is 0 Å². The molecular formula is C105H64F10N2. The van der Waals surface area contributed by atoms with Crippen molar-refractivity contribution in [3.8, 4) is 66.8 Å². The minimum atomic E-state index is -2.27. The van der Waals surface area contributed by atoms with Gasteiger partial charge in [-0.3, -0.25) is 0 Å². The number of benzene rings is 16. The van der Waals surface area contributed by atoms with E-state index in [4.69, 9.17) is 0 Å². The molecule has 117 heavy (non-hydrogen) atoms. The minimum Gasteiger partial charge on any atom is -0.310 e. The van der Waals surface area contributed by atoms with E-state index in [9.17, 15) is 0 Å². The summed E-state index contributed by atoms with van der Waals surface area (Å²) in [7, 11) is 0. The third-order valence-electron chi connectivity index (χ3n) is 24.4. The highest BCUT2D eigenvalue weighted by Crippen LogP contribution is 2.66. The van der Waals surface area contributed by atoms with Crippen molar-refractivity contribution >= 4 is 46.3 Å². The fourth-order valence-electron chi connectivity index (χ4n) is 19.2. The van der Waals surface area contributed by atoms with Crippen molar-refractivity contribution in [3.05, 3.63) is 477 Å². The molecule has 20 rings (SSSR count). The first-order chi connectivity index (χ1) is 57.1. The molecular weight excluding hydrogens is 1480 g/mol. The third kappa shape index (κ3) is 10.9. The first-order valence-corrected chi connectivity index (χ1v) is 38.4. The standard InChI is InChI=1S/C105H64F10N2/c1-3-60-31-33-62(34-32-60)59-104(93-96(108)100(112)103(115)101(113)97(93)109)84-28-16-13-24-76(84)79-52-48-71(56-87(79)104)117(69-45-41-66(42-46-69)64-21-9-6-10-22-64)73-50-54-81-78-26-15-18-30-86(78)105(89(81)58-73)85-29-17-14-25-77(85)80-53-49-72(57-88(80)105)116(68-43-39-65(40-44-68)63-19-7-5-8-20-63)70-47-51-75-74-23-11-12-27-82(74)91(83(75)55-70)90(67-37-35-61(4-2)36-38-67)92-94(106)98(110)102(114)99(111)95(92)107/h3-58,90-91H,1-2,59H2. The zero-order valence-corrected chi connectivity index (χ0v) is 62.3. The van der Waals surface area contributed by atoms with Crippen LogP contribution in [-0.4, -0.2) is 0 Å². The lowest BCUT2D eigenvalue weighted by Crippen LogP contribution is -2.34. The Morgan fingerprint density at radius 1 is 0.282 bits per heavy atom. The van der Waals surface area contributed by atoms with Gasteiger partial charge >= 0.3 is 0 Å². The predicted octanol–water partition coefficient (Wildman–Crippen LogP) is 28.5. The molecule has 0 saturated heterocycles. The Hall–Kier alpha value is -14.1. The number of rotatable bonds is 16. The lowest BCUT2D eigenvalue weighted by Gasteiger charge is -2.35. The number of anilines is 6. The molecule has 0 aromatic heterocycles. The molecule has 0 fully saturated rings. The van der Waals surface area contributed by atoms with Gasteiger partial charge in [0.1, 0.15) is 0 Å². The van der Waals surface area contributed by atoms with Gasteiger partial charge in [-0.2, -0.15) is 0 Å². The maximum Gasteiger partial charge on any atom is 0.200 e. The summed E-state index contributed by atoms with van der Waals surface area (Å²) < 4.78 is 164. The number of halogens is 10. The maximum atomic E-state index is 17.5. The molecule has 0 N–H and O–H groups in total. The largest absolute Gasteiger partial charge is 0.310 e. The quantitative estimate of drug-likeness (QED) is 0.0540. The van der Waals surface area contributed by atoms with Gasteiger partial charge in [-0.05, 0) is 213 Å². The predicted molar refractivity (Wildman–Crippen MR) is 447 cm³/mol. The smallest absolute Gasteiger partial charge is 0.200 e. The van der Waals surface area contributed by atoms with E-state index in [0.717, 1.165) is 83.6 Å². The maximum absolute atomic E-state index is 17.5. The summed E-state index contributed by atoms with van der Waals surface area (Å²) in [6, 6.07) is 105. The highest BCUT2D eigenvalue weighted by atomic mass is 19.2. The molecule has 0 heterocycles. The summed E-state index contributed by atoms with van der Waals surface area (Å²) in [6.07, 6.45) is 3.03. The minimum absolute atomic E-state index is 0.225. The molecule has 0 saturated carbocycles. The zero-order valence-electron chi connectivity index (χ0n) is 62.3. The fourth-order valence-corrected chi connectivity index (χ4v) is 19.2. The Morgan fingerprint density at radius 2 is 0.624 bits per heavy atom. The third-order valence-corrected chi connectivity index (χ3v) is 24.4. The molecule has 0 amide bonds. The van der Waals surface area contributed by atoms with Gasteiger partial charge in [0.2, 0.25) is 11.6 Å². The van der Waals surface area contributed by atoms with Crippen molar-refractivity contribution in [1.29, 1.82) is 0 Å². The Morgan fingerprint density at radius 3 is 1.10 bits per heavy atom. The van der Waals surface area contributed by atoms with E-state index in [0.29, 0.717) is 84.1 Å². The highest BCUT2D eigenvalue weighted by molar-refractivity contribution is 5.99. The summed E-state index contributed by atoms with van der Waals surface area (Å²) in [6.45, 7) is 7.83. The second-order valence-corrected chi connectivity index (χ2v) is 30.2. The summed E-state index contributed by atoms with van der Waals surface area (Å²) in [5.41, 5.74) is 16.8. The molecule has 4 aliphatic carbocycles. The van der Waals surface area contributed by atoms with E-state index in [1.54, 1.807) is 84.9 Å². The van der Waals surface area contributed by atoms with E-state index in [1.807, 2.05) is 200 Å². The van der Waals surface area contributed by atoms with E-state index < -0.39 is 92.0 Å². The van der Waals surface area contributed by atoms with Gasteiger partial charge in [-0.1, -0.05) is 280 Å². The Balaban J connectivity index is 0.807. The van der Waals surface area contributed by atoms with Crippen LogP contribution in [-0.2, 0) is 17.3 Å². The van der Waals surface area contributed by atoms with Crippen LogP contribution in [0.2, 0.25) is 0 Å². The monoisotopic (exact) mass is 1540 g/mol. The summed E-state index contributed by atoms with van der Waals surface area (Å²) in [5, 5.41) is 0. The van der Waals surface area contributed by atoms with Gasteiger partial charge in [0.15, 0.2) is 46.5 Å². The fraction of sp³-hybridized carbons (Fsp3) is 0.0476. The van der Waals surface area contributed by atoms with Crippen molar-refractivity contribution in [2.24, 2.45) is 0 Å². The average molecular weight is 1540 g/mol. The zero-order chi connectivity index (χ0) is 79.9. The van der Waals surface area contributed by atoms with Crippen LogP contribution in [0.25, 0.3) is 78.9 Å². The Kier molecular flexibility index (Phi) is 17.1. The number of fused-ring (bicyclic) bond motifs is 16. The molecule has 2 nitrogen and oxygen atoms in total. The van der Waals surface area contributed by atoms with Gasteiger partial charge in [0, 0.05) is 57.1 Å². The second-order valence-electron chi connectivity index (χ2n) is 30.2. The van der Waals surface area contributed by atoms with Gasteiger partial charge < -0.3 is 9.80 Å². The number of hydrogen-bond acceptors (Lipinski definition) is 2. The van der Waals surface area contributed by atoms with Crippen molar-refractivity contribution in [2.45, 2.75) is 29.1 Å². The van der Waals surface area contributed by atoms with Crippen molar-refractivity contribution in [2.75, 3.05) is 9.80 Å².